The molecule has 24 heavy (non-hydrogen) atoms. The molecule has 0 radical (unpaired) electrons. The molecule has 0 aliphatic carbocycles. The molecule has 0 aliphatic heterocycles. The molecule has 0 saturated heterocycles. The van der Waals surface area contributed by atoms with Crippen molar-refractivity contribution in [2.24, 2.45) is 0 Å². The fraction of sp³-hybridized carbons (Fsp3) is 0.238. The second-order valence-corrected chi connectivity index (χ2v) is 6.00. The average Bonchev–Trinajstić information content (AvgIpc) is 3.07. The molecule has 1 heterocycles. The molecule has 0 spiro atoms. The molecular formula is C21H22O3. The number of furan rings is 1. The van der Waals surface area contributed by atoms with Gasteiger partial charge in [0.15, 0.2) is 0 Å². The Kier molecular flexibility index (Phi) is 4.61. The fourth-order valence-electron chi connectivity index (χ4n) is 2.86. The molecule has 3 aromatic rings. The van der Waals surface area contributed by atoms with Gasteiger partial charge >= 0.3 is 0 Å². The Hall–Kier alpha value is -2.68. The summed E-state index contributed by atoms with van der Waals surface area (Å²) in [5.41, 5.74) is 4.39. The van der Waals surface area contributed by atoms with Crippen LogP contribution in [0.3, 0.4) is 0 Å². The minimum absolute atomic E-state index is 0.290. The number of benzene rings is 2. The summed E-state index contributed by atoms with van der Waals surface area (Å²) in [6.45, 7) is 4.28. The molecule has 0 aliphatic rings. The molecule has 1 aromatic heterocycles. The monoisotopic (exact) mass is 322 g/mol. The topological polar surface area (TPSA) is 31.6 Å². The van der Waals surface area contributed by atoms with Crippen LogP contribution in [0.1, 0.15) is 25.5 Å². The molecule has 0 saturated carbocycles. The lowest BCUT2D eigenvalue weighted by molar-refractivity contribution is 0.415. The van der Waals surface area contributed by atoms with E-state index >= 15 is 0 Å². The highest BCUT2D eigenvalue weighted by Crippen LogP contribution is 2.41. The van der Waals surface area contributed by atoms with Gasteiger partial charge in [0.1, 0.15) is 17.3 Å². The molecule has 0 unspecified atom stereocenters. The van der Waals surface area contributed by atoms with Gasteiger partial charge < -0.3 is 13.9 Å². The molecule has 0 bridgehead atoms. The number of rotatable bonds is 5. The molecule has 3 nitrogen and oxygen atoms in total. The van der Waals surface area contributed by atoms with E-state index in [2.05, 4.69) is 32.0 Å². The van der Waals surface area contributed by atoms with Crippen LogP contribution < -0.4 is 9.47 Å². The summed E-state index contributed by atoms with van der Waals surface area (Å²) in [4.78, 5) is 0. The van der Waals surface area contributed by atoms with E-state index in [-0.39, 0.29) is 5.92 Å². The highest BCUT2D eigenvalue weighted by Gasteiger charge is 2.19. The van der Waals surface area contributed by atoms with Crippen molar-refractivity contribution in [3.8, 4) is 33.8 Å². The average molecular weight is 322 g/mol. The van der Waals surface area contributed by atoms with Gasteiger partial charge in [0.2, 0.25) is 0 Å². The van der Waals surface area contributed by atoms with Crippen molar-refractivity contribution in [3.63, 3.8) is 0 Å². The van der Waals surface area contributed by atoms with E-state index < -0.39 is 0 Å². The van der Waals surface area contributed by atoms with Crippen molar-refractivity contribution in [1.82, 2.24) is 0 Å². The third-order valence-electron chi connectivity index (χ3n) is 4.10. The highest BCUT2D eigenvalue weighted by atomic mass is 16.5. The van der Waals surface area contributed by atoms with Crippen molar-refractivity contribution >= 4 is 0 Å². The van der Waals surface area contributed by atoms with Crippen LogP contribution in [0.4, 0.5) is 0 Å². The quantitative estimate of drug-likeness (QED) is 0.599. The zero-order valence-corrected chi connectivity index (χ0v) is 14.5. The van der Waals surface area contributed by atoms with Crippen LogP contribution in [0, 0.1) is 0 Å². The van der Waals surface area contributed by atoms with Crippen molar-refractivity contribution in [2.45, 2.75) is 19.8 Å². The van der Waals surface area contributed by atoms with E-state index in [0.29, 0.717) is 0 Å². The maximum absolute atomic E-state index is 5.92. The minimum atomic E-state index is 0.290. The van der Waals surface area contributed by atoms with Crippen LogP contribution in [0.15, 0.2) is 59.2 Å². The number of hydrogen-bond acceptors (Lipinski definition) is 3. The van der Waals surface area contributed by atoms with E-state index in [1.54, 1.807) is 14.2 Å². The SMILES string of the molecule is COc1ccc(-c2coc(C(C)C)c2-c2cccc(OC)c2)cc1. The van der Waals surface area contributed by atoms with Crippen LogP contribution in [0.25, 0.3) is 22.3 Å². The molecular weight excluding hydrogens is 300 g/mol. The zero-order chi connectivity index (χ0) is 17.1. The Morgan fingerprint density at radius 3 is 2.17 bits per heavy atom. The fourth-order valence-corrected chi connectivity index (χ4v) is 2.86. The summed E-state index contributed by atoms with van der Waals surface area (Å²) >= 11 is 0. The van der Waals surface area contributed by atoms with Gasteiger partial charge in [-0.1, -0.05) is 38.1 Å². The summed E-state index contributed by atoms with van der Waals surface area (Å²) < 4.78 is 16.6. The summed E-state index contributed by atoms with van der Waals surface area (Å²) in [7, 11) is 3.35. The minimum Gasteiger partial charge on any atom is -0.497 e. The van der Waals surface area contributed by atoms with Gasteiger partial charge in [-0.15, -0.1) is 0 Å². The predicted molar refractivity (Wildman–Crippen MR) is 96.8 cm³/mol. The second-order valence-electron chi connectivity index (χ2n) is 6.00. The Balaban J connectivity index is 2.16. The maximum Gasteiger partial charge on any atom is 0.119 e. The van der Waals surface area contributed by atoms with E-state index in [0.717, 1.165) is 39.5 Å². The van der Waals surface area contributed by atoms with Crippen LogP contribution in [0.5, 0.6) is 11.5 Å². The lowest BCUT2D eigenvalue weighted by Gasteiger charge is -2.10. The van der Waals surface area contributed by atoms with Gasteiger partial charge in [0, 0.05) is 17.0 Å². The zero-order valence-electron chi connectivity index (χ0n) is 14.5. The normalized spacial score (nSPS) is 10.9. The summed E-state index contributed by atoms with van der Waals surface area (Å²) in [6, 6.07) is 16.1. The second kappa shape index (κ2) is 6.83. The third-order valence-corrected chi connectivity index (χ3v) is 4.10. The van der Waals surface area contributed by atoms with Gasteiger partial charge in [0.05, 0.1) is 20.5 Å². The molecule has 0 amide bonds. The van der Waals surface area contributed by atoms with Gasteiger partial charge in [0.25, 0.3) is 0 Å². The predicted octanol–water partition coefficient (Wildman–Crippen LogP) is 5.75. The summed E-state index contributed by atoms with van der Waals surface area (Å²) in [5, 5.41) is 0. The molecule has 0 atom stereocenters. The first-order valence-electron chi connectivity index (χ1n) is 8.04. The number of hydrogen-bond donors (Lipinski definition) is 0. The van der Waals surface area contributed by atoms with Crippen LogP contribution in [0.2, 0.25) is 0 Å². The van der Waals surface area contributed by atoms with E-state index in [1.807, 2.05) is 36.6 Å². The first-order chi connectivity index (χ1) is 11.6. The Labute approximate surface area is 142 Å². The van der Waals surface area contributed by atoms with Crippen LogP contribution in [-0.4, -0.2) is 14.2 Å². The maximum atomic E-state index is 5.92. The molecule has 3 heteroatoms. The highest BCUT2D eigenvalue weighted by molar-refractivity contribution is 5.85. The largest absolute Gasteiger partial charge is 0.497 e. The van der Waals surface area contributed by atoms with E-state index in [4.69, 9.17) is 13.9 Å². The summed E-state index contributed by atoms with van der Waals surface area (Å²) in [5.74, 6) is 2.95. The molecule has 0 N–H and O–H groups in total. The van der Waals surface area contributed by atoms with Gasteiger partial charge in [-0.25, -0.2) is 0 Å². The Morgan fingerprint density at radius 2 is 1.54 bits per heavy atom. The van der Waals surface area contributed by atoms with Crippen LogP contribution >= 0.6 is 0 Å². The summed E-state index contributed by atoms with van der Waals surface area (Å²) in [6.07, 6.45) is 1.84. The number of ether oxygens (including phenoxy) is 2. The Bertz CT molecular complexity index is 813. The Morgan fingerprint density at radius 1 is 0.833 bits per heavy atom. The van der Waals surface area contributed by atoms with Gasteiger partial charge in [-0.2, -0.15) is 0 Å². The van der Waals surface area contributed by atoms with Crippen molar-refractivity contribution < 1.29 is 13.9 Å². The van der Waals surface area contributed by atoms with Gasteiger partial charge in [-0.05, 0) is 35.4 Å². The van der Waals surface area contributed by atoms with Crippen molar-refractivity contribution in [1.29, 1.82) is 0 Å². The molecule has 3 rings (SSSR count). The van der Waals surface area contributed by atoms with Gasteiger partial charge in [-0.3, -0.25) is 0 Å². The van der Waals surface area contributed by atoms with E-state index in [1.165, 1.54) is 0 Å². The molecule has 2 aromatic carbocycles. The molecule has 124 valence electrons. The smallest absolute Gasteiger partial charge is 0.119 e. The standard InChI is InChI=1S/C21H22O3/c1-14(2)21-20(16-6-5-7-18(12-16)23-4)19(13-24-21)15-8-10-17(22-3)11-9-15/h5-14H,1-4H3. The molecule has 0 fully saturated rings. The first-order valence-corrected chi connectivity index (χ1v) is 8.04. The van der Waals surface area contributed by atoms with Crippen molar-refractivity contribution in [2.75, 3.05) is 14.2 Å². The van der Waals surface area contributed by atoms with Crippen LogP contribution in [-0.2, 0) is 0 Å². The third kappa shape index (κ3) is 3.02. The first kappa shape index (κ1) is 16.2. The lowest BCUT2D eigenvalue weighted by Crippen LogP contribution is -1.91. The van der Waals surface area contributed by atoms with E-state index in [9.17, 15) is 0 Å². The lowest BCUT2D eigenvalue weighted by atomic mass is 9.93. The number of methoxy groups -OCH3 is 2. The van der Waals surface area contributed by atoms with Crippen molar-refractivity contribution in [3.05, 3.63) is 60.6 Å².